The zero-order chi connectivity index (χ0) is 15.8. The van der Waals surface area contributed by atoms with Crippen molar-refractivity contribution in [1.82, 2.24) is 4.98 Å². The molecule has 0 N–H and O–H groups in total. The lowest BCUT2D eigenvalue weighted by atomic mass is 10.2. The average Bonchev–Trinajstić information content (AvgIpc) is 2.98. The molecule has 1 aliphatic rings. The molecule has 1 fully saturated rings. The largest absolute Gasteiger partial charge is 0.366 e. The fraction of sp³-hybridized carbons (Fsp3) is 0.235. The Morgan fingerprint density at radius 3 is 2.43 bits per heavy atom. The number of aromatic nitrogens is 1. The fourth-order valence-corrected chi connectivity index (χ4v) is 3.91. The van der Waals surface area contributed by atoms with Crippen molar-refractivity contribution >= 4 is 32.4 Å². The van der Waals surface area contributed by atoms with Crippen molar-refractivity contribution in [2.24, 2.45) is 0 Å². The number of benzene rings is 2. The normalized spacial score (nSPS) is 15.4. The van der Waals surface area contributed by atoms with E-state index in [0.29, 0.717) is 5.69 Å². The molecule has 0 radical (unpaired) electrons. The topological polar surface area (TPSA) is 19.4 Å². The summed E-state index contributed by atoms with van der Waals surface area (Å²) in [6.07, 6.45) is 0. The van der Waals surface area contributed by atoms with E-state index in [1.54, 1.807) is 12.1 Å². The summed E-state index contributed by atoms with van der Waals surface area (Å²) < 4.78 is 28.0. The van der Waals surface area contributed by atoms with Gasteiger partial charge >= 0.3 is 0 Å². The number of para-hydroxylation sites is 1. The summed E-state index contributed by atoms with van der Waals surface area (Å²) in [5.74, 6) is -0.423. The number of nitrogens with zero attached hydrogens (tertiary/aromatic N) is 3. The van der Waals surface area contributed by atoms with Crippen LogP contribution >= 0.6 is 11.3 Å². The van der Waals surface area contributed by atoms with E-state index >= 15 is 0 Å². The van der Waals surface area contributed by atoms with Gasteiger partial charge in [-0.25, -0.2) is 13.8 Å². The van der Waals surface area contributed by atoms with Gasteiger partial charge in [-0.2, -0.15) is 0 Å². The molecular formula is C17H15F2N3S. The van der Waals surface area contributed by atoms with Gasteiger partial charge in [0.1, 0.15) is 11.6 Å². The zero-order valence-corrected chi connectivity index (χ0v) is 13.2. The van der Waals surface area contributed by atoms with Gasteiger partial charge < -0.3 is 9.80 Å². The smallest absolute Gasteiger partial charge is 0.186 e. The number of thiazole rings is 1. The van der Waals surface area contributed by atoms with E-state index in [0.717, 1.165) is 41.5 Å². The highest BCUT2D eigenvalue weighted by molar-refractivity contribution is 7.22. The highest BCUT2D eigenvalue weighted by atomic mass is 32.1. The number of piperazine rings is 1. The van der Waals surface area contributed by atoms with Crippen LogP contribution in [0.15, 0.2) is 42.5 Å². The maximum Gasteiger partial charge on any atom is 0.186 e. The molecule has 1 aliphatic heterocycles. The second kappa shape index (κ2) is 5.77. The molecule has 3 nitrogen and oxygen atoms in total. The molecule has 1 aromatic heterocycles. The van der Waals surface area contributed by atoms with Crippen molar-refractivity contribution in [3.8, 4) is 0 Å². The Morgan fingerprint density at radius 2 is 1.65 bits per heavy atom. The predicted molar refractivity (Wildman–Crippen MR) is 90.4 cm³/mol. The van der Waals surface area contributed by atoms with Gasteiger partial charge in [-0.15, -0.1) is 0 Å². The van der Waals surface area contributed by atoms with Crippen LogP contribution in [0, 0.1) is 11.6 Å². The molecule has 6 heteroatoms. The molecule has 2 heterocycles. The molecule has 118 valence electrons. The molecule has 0 aliphatic carbocycles. The van der Waals surface area contributed by atoms with Crippen molar-refractivity contribution in [3.63, 3.8) is 0 Å². The molecule has 0 atom stereocenters. The Balaban J connectivity index is 1.51. The van der Waals surface area contributed by atoms with Crippen molar-refractivity contribution < 1.29 is 8.78 Å². The summed E-state index contributed by atoms with van der Waals surface area (Å²) in [4.78, 5) is 8.81. The van der Waals surface area contributed by atoms with Crippen LogP contribution in [0.3, 0.4) is 0 Å². The quantitative estimate of drug-likeness (QED) is 0.710. The first-order chi connectivity index (χ1) is 11.2. The molecule has 0 spiro atoms. The molecule has 0 amide bonds. The second-order valence-electron chi connectivity index (χ2n) is 5.53. The van der Waals surface area contributed by atoms with Gasteiger partial charge in [0.2, 0.25) is 0 Å². The minimum absolute atomic E-state index is 0.184. The van der Waals surface area contributed by atoms with E-state index in [9.17, 15) is 8.78 Å². The summed E-state index contributed by atoms with van der Waals surface area (Å²) in [5.41, 5.74) is 1.47. The van der Waals surface area contributed by atoms with Gasteiger partial charge in [-0.05, 0) is 30.3 Å². The lowest BCUT2D eigenvalue weighted by Gasteiger charge is -2.36. The number of anilines is 2. The van der Waals surface area contributed by atoms with E-state index < -0.39 is 0 Å². The standard InChI is InChI=1S/C17H15F2N3S/c18-12-5-6-14-16(11-12)23-17(20-14)22-9-7-21(8-10-22)15-4-2-1-3-13(15)19/h1-6,11H,7-10H2. The monoisotopic (exact) mass is 331 g/mol. The van der Waals surface area contributed by atoms with Crippen LogP contribution in [0.1, 0.15) is 0 Å². The van der Waals surface area contributed by atoms with Crippen molar-refractivity contribution in [2.45, 2.75) is 0 Å². The van der Waals surface area contributed by atoms with Crippen LogP contribution in [0.2, 0.25) is 0 Å². The molecule has 0 saturated carbocycles. The van der Waals surface area contributed by atoms with Gasteiger partial charge in [-0.1, -0.05) is 23.5 Å². The van der Waals surface area contributed by atoms with Gasteiger partial charge in [0.15, 0.2) is 5.13 Å². The number of rotatable bonds is 2. The van der Waals surface area contributed by atoms with E-state index in [-0.39, 0.29) is 11.6 Å². The summed E-state index contributed by atoms with van der Waals surface area (Å²) in [7, 11) is 0. The highest BCUT2D eigenvalue weighted by Gasteiger charge is 2.21. The van der Waals surface area contributed by atoms with E-state index in [1.807, 2.05) is 12.1 Å². The highest BCUT2D eigenvalue weighted by Crippen LogP contribution is 2.30. The fourth-order valence-electron chi connectivity index (χ4n) is 2.87. The van der Waals surface area contributed by atoms with Gasteiger partial charge in [0.05, 0.1) is 15.9 Å². The summed E-state index contributed by atoms with van der Waals surface area (Å²) >= 11 is 1.50. The van der Waals surface area contributed by atoms with Crippen molar-refractivity contribution in [2.75, 3.05) is 36.0 Å². The third-order valence-corrected chi connectivity index (χ3v) is 5.16. The average molecular weight is 331 g/mol. The van der Waals surface area contributed by atoms with Crippen LogP contribution < -0.4 is 9.80 Å². The molecular weight excluding hydrogens is 316 g/mol. The Kier molecular flexibility index (Phi) is 3.61. The minimum Gasteiger partial charge on any atom is -0.366 e. The molecule has 0 unspecified atom stereocenters. The first kappa shape index (κ1) is 14.4. The molecule has 3 aromatic rings. The van der Waals surface area contributed by atoms with Gasteiger partial charge in [0.25, 0.3) is 0 Å². The van der Waals surface area contributed by atoms with E-state index in [4.69, 9.17) is 0 Å². The minimum atomic E-state index is -0.239. The molecule has 23 heavy (non-hydrogen) atoms. The van der Waals surface area contributed by atoms with Crippen LogP contribution in [0.4, 0.5) is 19.6 Å². The second-order valence-corrected chi connectivity index (χ2v) is 6.54. The lowest BCUT2D eigenvalue weighted by molar-refractivity contribution is 0.597. The number of hydrogen-bond donors (Lipinski definition) is 0. The first-order valence-electron chi connectivity index (χ1n) is 7.51. The molecule has 2 aromatic carbocycles. The Labute approximate surface area is 136 Å². The SMILES string of the molecule is Fc1ccc2nc(N3CCN(c4ccccc4F)CC3)sc2c1. The summed E-state index contributed by atoms with van der Waals surface area (Å²) in [5, 5.41) is 0.902. The molecule has 4 rings (SSSR count). The third kappa shape index (κ3) is 2.74. The van der Waals surface area contributed by atoms with Crippen molar-refractivity contribution in [3.05, 3.63) is 54.1 Å². The zero-order valence-electron chi connectivity index (χ0n) is 12.4. The molecule has 1 saturated heterocycles. The Hall–Kier alpha value is -2.21. The maximum atomic E-state index is 13.9. The lowest BCUT2D eigenvalue weighted by Crippen LogP contribution is -2.46. The Morgan fingerprint density at radius 1 is 0.913 bits per heavy atom. The van der Waals surface area contributed by atoms with Gasteiger partial charge in [0, 0.05) is 26.2 Å². The number of hydrogen-bond acceptors (Lipinski definition) is 4. The van der Waals surface area contributed by atoms with Crippen LogP contribution in [0.5, 0.6) is 0 Å². The van der Waals surface area contributed by atoms with Crippen LogP contribution in [-0.2, 0) is 0 Å². The Bertz CT molecular complexity index is 841. The first-order valence-corrected chi connectivity index (χ1v) is 8.33. The maximum absolute atomic E-state index is 13.9. The number of halogens is 2. The summed E-state index contributed by atoms with van der Waals surface area (Å²) in [6, 6.07) is 11.5. The third-order valence-electron chi connectivity index (χ3n) is 4.08. The van der Waals surface area contributed by atoms with E-state index in [1.165, 1.54) is 29.5 Å². The molecule has 0 bridgehead atoms. The predicted octanol–water partition coefficient (Wildman–Crippen LogP) is 3.90. The van der Waals surface area contributed by atoms with Crippen LogP contribution in [-0.4, -0.2) is 31.2 Å². The van der Waals surface area contributed by atoms with Crippen molar-refractivity contribution in [1.29, 1.82) is 0 Å². The summed E-state index contributed by atoms with van der Waals surface area (Å²) in [6.45, 7) is 3.03. The number of fused-ring (bicyclic) bond motifs is 1. The van der Waals surface area contributed by atoms with Gasteiger partial charge in [-0.3, -0.25) is 0 Å². The van der Waals surface area contributed by atoms with Crippen LogP contribution in [0.25, 0.3) is 10.2 Å². The van der Waals surface area contributed by atoms with E-state index in [2.05, 4.69) is 14.8 Å².